The summed E-state index contributed by atoms with van der Waals surface area (Å²) >= 11 is 5.95. The van der Waals surface area contributed by atoms with Crippen LogP contribution in [0.3, 0.4) is 0 Å². The van der Waals surface area contributed by atoms with E-state index in [1.54, 1.807) is 13.8 Å². The minimum absolute atomic E-state index is 0.217. The Labute approximate surface area is 92.3 Å². The van der Waals surface area contributed by atoms with Gasteiger partial charge in [-0.2, -0.15) is 5.10 Å². The molecule has 84 valence electrons. The molecular formula is C9H13ClN2O3. The van der Waals surface area contributed by atoms with Crippen LogP contribution in [-0.2, 0) is 17.8 Å². The van der Waals surface area contributed by atoms with Crippen molar-refractivity contribution >= 4 is 17.6 Å². The van der Waals surface area contributed by atoms with Crippen molar-refractivity contribution in [1.29, 1.82) is 0 Å². The number of aliphatic carboxylic acids is 1. The van der Waals surface area contributed by atoms with Gasteiger partial charge in [0.25, 0.3) is 0 Å². The molecule has 0 fully saturated rings. The van der Waals surface area contributed by atoms with Gasteiger partial charge in [0, 0.05) is 6.42 Å². The van der Waals surface area contributed by atoms with Crippen LogP contribution in [0.25, 0.3) is 0 Å². The molecule has 0 spiro atoms. The number of hydrogen-bond donors (Lipinski definition) is 2. The van der Waals surface area contributed by atoms with E-state index in [4.69, 9.17) is 16.7 Å². The Morgan fingerprint density at radius 1 is 1.67 bits per heavy atom. The van der Waals surface area contributed by atoms with E-state index in [-0.39, 0.29) is 6.54 Å². The summed E-state index contributed by atoms with van der Waals surface area (Å²) in [4.78, 5) is 10.5. The summed E-state index contributed by atoms with van der Waals surface area (Å²) in [6.07, 6.45) is -0.221. The molecule has 0 bridgehead atoms. The summed E-state index contributed by atoms with van der Waals surface area (Å²) < 4.78 is 1.32. The molecule has 0 aliphatic rings. The molecule has 5 nitrogen and oxygen atoms in total. The topological polar surface area (TPSA) is 75.4 Å². The molecule has 0 aromatic carbocycles. The number of aromatic nitrogens is 2. The zero-order valence-corrected chi connectivity index (χ0v) is 9.32. The molecule has 6 heteroatoms. The van der Waals surface area contributed by atoms with E-state index in [1.165, 1.54) is 4.68 Å². The fraction of sp³-hybridized carbons (Fsp3) is 0.556. The molecule has 2 N–H and O–H groups in total. The van der Waals surface area contributed by atoms with E-state index in [2.05, 4.69) is 5.10 Å². The lowest BCUT2D eigenvalue weighted by Crippen LogP contribution is -2.12. The maximum absolute atomic E-state index is 10.5. The highest BCUT2D eigenvalue weighted by Crippen LogP contribution is 2.21. The fourth-order valence-electron chi connectivity index (χ4n) is 1.28. The zero-order chi connectivity index (χ0) is 11.6. The Morgan fingerprint density at radius 2 is 2.27 bits per heavy atom. The summed E-state index contributed by atoms with van der Waals surface area (Å²) in [7, 11) is 0. The summed E-state index contributed by atoms with van der Waals surface area (Å²) in [5, 5.41) is 22.3. The number of aliphatic hydroxyl groups excluding tert-OH is 1. The van der Waals surface area contributed by atoms with Gasteiger partial charge in [-0.05, 0) is 13.8 Å². The molecule has 15 heavy (non-hydrogen) atoms. The summed E-state index contributed by atoms with van der Waals surface area (Å²) in [6, 6.07) is 0. The third-order valence-electron chi connectivity index (χ3n) is 1.97. The van der Waals surface area contributed by atoms with Gasteiger partial charge in [0.15, 0.2) is 0 Å². The highest BCUT2D eigenvalue weighted by Gasteiger charge is 2.15. The monoisotopic (exact) mass is 232 g/mol. The molecule has 0 saturated heterocycles. The van der Waals surface area contributed by atoms with Gasteiger partial charge in [0.1, 0.15) is 6.54 Å². The quantitative estimate of drug-likeness (QED) is 0.807. The highest BCUT2D eigenvalue weighted by molar-refractivity contribution is 6.31. The largest absolute Gasteiger partial charge is 0.480 e. The number of carboxylic acid groups (broad SMARTS) is 1. The first kappa shape index (κ1) is 12.0. The average Bonchev–Trinajstić information content (AvgIpc) is 2.32. The molecule has 0 amide bonds. The van der Waals surface area contributed by atoms with E-state index in [9.17, 15) is 9.90 Å². The first-order valence-electron chi connectivity index (χ1n) is 4.53. The normalized spacial score (nSPS) is 12.8. The molecule has 1 unspecified atom stereocenters. The molecule has 0 aliphatic carbocycles. The van der Waals surface area contributed by atoms with Gasteiger partial charge >= 0.3 is 5.97 Å². The second kappa shape index (κ2) is 4.63. The Balaban J connectivity index is 2.95. The number of rotatable bonds is 4. The van der Waals surface area contributed by atoms with Gasteiger partial charge in [-0.3, -0.25) is 9.48 Å². The van der Waals surface area contributed by atoms with Gasteiger partial charge in [-0.1, -0.05) is 11.6 Å². The van der Waals surface area contributed by atoms with Crippen molar-refractivity contribution in [1.82, 2.24) is 9.78 Å². The van der Waals surface area contributed by atoms with Crippen molar-refractivity contribution in [3.8, 4) is 0 Å². The third-order valence-corrected chi connectivity index (χ3v) is 2.47. The van der Waals surface area contributed by atoms with Crippen molar-refractivity contribution in [2.45, 2.75) is 32.9 Å². The lowest BCUT2D eigenvalue weighted by molar-refractivity contribution is -0.137. The van der Waals surface area contributed by atoms with Crippen LogP contribution in [0.5, 0.6) is 0 Å². The lowest BCUT2D eigenvalue weighted by atomic mass is 10.2. The second-order valence-corrected chi connectivity index (χ2v) is 3.83. The van der Waals surface area contributed by atoms with Crippen molar-refractivity contribution in [2.24, 2.45) is 0 Å². The Hall–Kier alpha value is -1.07. The van der Waals surface area contributed by atoms with E-state index >= 15 is 0 Å². The third kappa shape index (κ3) is 2.94. The lowest BCUT2D eigenvalue weighted by Gasteiger charge is -1.99. The fourth-order valence-corrected chi connectivity index (χ4v) is 1.49. The average molecular weight is 233 g/mol. The smallest absolute Gasteiger partial charge is 0.325 e. The van der Waals surface area contributed by atoms with Crippen LogP contribution in [0.1, 0.15) is 18.3 Å². The molecule has 0 saturated carbocycles. The van der Waals surface area contributed by atoms with E-state index in [0.29, 0.717) is 22.8 Å². The van der Waals surface area contributed by atoms with Gasteiger partial charge in [-0.15, -0.1) is 0 Å². The van der Waals surface area contributed by atoms with Crippen molar-refractivity contribution < 1.29 is 15.0 Å². The van der Waals surface area contributed by atoms with E-state index < -0.39 is 12.1 Å². The first-order valence-corrected chi connectivity index (χ1v) is 4.91. The maximum atomic E-state index is 10.5. The number of carboxylic acids is 1. The SMILES string of the molecule is Cc1c(Cl)c(CC(C)O)nn1CC(=O)O. The molecule has 0 aliphatic heterocycles. The second-order valence-electron chi connectivity index (χ2n) is 3.45. The predicted octanol–water partition coefficient (Wildman–Crippen LogP) is 0.853. The standard InChI is InChI=1S/C9H13ClN2O3/c1-5(13)3-7-9(10)6(2)12(11-7)4-8(14)15/h5,13H,3-4H2,1-2H3,(H,14,15). The summed E-state index contributed by atoms with van der Waals surface area (Å²) in [5.41, 5.74) is 1.14. The van der Waals surface area contributed by atoms with Crippen LogP contribution in [0.15, 0.2) is 0 Å². The van der Waals surface area contributed by atoms with Crippen molar-refractivity contribution in [2.75, 3.05) is 0 Å². The first-order chi connectivity index (χ1) is 6.91. The molecule has 1 rings (SSSR count). The van der Waals surface area contributed by atoms with E-state index in [0.717, 1.165) is 0 Å². The molecule has 0 radical (unpaired) electrons. The van der Waals surface area contributed by atoms with Crippen LogP contribution in [0.2, 0.25) is 5.02 Å². The zero-order valence-electron chi connectivity index (χ0n) is 8.57. The molecule has 1 atom stereocenters. The highest BCUT2D eigenvalue weighted by atomic mass is 35.5. The molecule has 1 aromatic rings. The molecule has 1 heterocycles. The minimum Gasteiger partial charge on any atom is -0.480 e. The Bertz CT molecular complexity index is 374. The Morgan fingerprint density at radius 3 is 2.73 bits per heavy atom. The van der Waals surface area contributed by atoms with Gasteiger partial charge in [0.05, 0.1) is 22.5 Å². The van der Waals surface area contributed by atoms with Crippen LogP contribution in [-0.4, -0.2) is 32.1 Å². The van der Waals surface area contributed by atoms with Gasteiger partial charge in [-0.25, -0.2) is 0 Å². The van der Waals surface area contributed by atoms with Crippen molar-refractivity contribution in [3.63, 3.8) is 0 Å². The number of halogens is 1. The summed E-state index contributed by atoms with van der Waals surface area (Å²) in [6.45, 7) is 3.11. The van der Waals surface area contributed by atoms with Gasteiger partial charge in [0.2, 0.25) is 0 Å². The van der Waals surface area contributed by atoms with Crippen LogP contribution in [0, 0.1) is 6.92 Å². The van der Waals surface area contributed by atoms with Gasteiger partial charge < -0.3 is 10.2 Å². The Kier molecular flexibility index (Phi) is 3.71. The summed E-state index contributed by atoms with van der Waals surface area (Å²) in [5.74, 6) is -0.971. The maximum Gasteiger partial charge on any atom is 0.325 e. The van der Waals surface area contributed by atoms with Crippen LogP contribution < -0.4 is 0 Å². The number of hydrogen-bond acceptors (Lipinski definition) is 3. The van der Waals surface area contributed by atoms with Crippen LogP contribution in [0.4, 0.5) is 0 Å². The van der Waals surface area contributed by atoms with Crippen molar-refractivity contribution in [3.05, 3.63) is 16.4 Å². The predicted molar refractivity (Wildman–Crippen MR) is 55.0 cm³/mol. The minimum atomic E-state index is -0.971. The number of nitrogens with zero attached hydrogens (tertiary/aromatic N) is 2. The number of carbonyl (C=O) groups is 1. The number of aliphatic hydroxyl groups is 1. The molecular weight excluding hydrogens is 220 g/mol. The van der Waals surface area contributed by atoms with E-state index in [1.807, 2.05) is 0 Å². The molecule has 1 aromatic heterocycles. The van der Waals surface area contributed by atoms with Crippen LogP contribution >= 0.6 is 11.6 Å².